The number of carboxylic acids is 2. The molecule has 2 aromatic carbocycles. The predicted molar refractivity (Wildman–Crippen MR) is 135 cm³/mol. The van der Waals surface area contributed by atoms with Crippen LogP contribution in [0.4, 0.5) is 9.59 Å². The molecule has 2 rings (SSSR count). The second-order valence-corrected chi connectivity index (χ2v) is 8.87. The highest BCUT2D eigenvalue weighted by Crippen LogP contribution is 2.28. The fourth-order valence-corrected chi connectivity index (χ4v) is 3.60. The molecule has 10 heteroatoms. The fraction of sp³-hybridized carbons (Fsp3) is 0.429. The molecule has 0 spiro atoms. The normalized spacial score (nSPS) is 10.8. The Kier molecular flexibility index (Phi) is 13.2. The van der Waals surface area contributed by atoms with Gasteiger partial charge in [0.05, 0.1) is 0 Å². The maximum Gasteiger partial charge on any atom is 0.508 e. The predicted octanol–water partition coefficient (Wildman–Crippen LogP) is 5.58. The second-order valence-electron chi connectivity index (χ2n) is 8.87. The van der Waals surface area contributed by atoms with Crippen LogP contribution in [0.25, 0.3) is 0 Å². The van der Waals surface area contributed by atoms with Gasteiger partial charge in [0.2, 0.25) is 0 Å². The first kappa shape index (κ1) is 30.1. The molecule has 2 N–H and O–H groups in total. The standard InChI is InChI=1S/C28H34O10/c29-24(30)16-10-2-1-3-11-17-28(25(31)32,20-37-26(33)35-18-22-12-6-4-7-13-22)21-38-27(34)36-19-23-14-8-5-9-15-23/h4-9,12-15H,1-3,10-11,16-21H2,(H,29,30)(H,31,32). The molecule has 0 unspecified atom stereocenters. The minimum atomic E-state index is -1.71. The minimum absolute atomic E-state index is 0.0433. The highest BCUT2D eigenvalue weighted by atomic mass is 16.7. The second kappa shape index (κ2) is 16.6. The van der Waals surface area contributed by atoms with Crippen LogP contribution in [0.5, 0.6) is 0 Å². The third-order valence-corrected chi connectivity index (χ3v) is 5.83. The number of benzene rings is 2. The first-order valence-corrected chi connectivity index (χ1v) is 12.4. The van der Waals surface area contributed by atoms with Gasteiger partial charge in [-0.3, -0.25) is 9.59 Å². The van der Waals surface area contributed by atoms with E-state index >= 15 is 0 Å². The lowest BCUT2D eigenvalue weighted by atomic mass is 9.84. The molecule has 0 atom stereocenters. The van der Waals surface area contributed by atoms with Gasteiger partial charge in [-0.15, -0.1) is 0 Å². The largest absolute Gasteiger partial charge is 0.508 e. The van der Waals surface area contributed by atoms with E-state index < -0.39 is 42.9 Å². The number of carboxylic acid groups (broad SMARTS) is 2. The van der Waals surface area contributed by atoms with E-state index in [4.69, 9.17) is 24.1 Å². The van der Waals surface area contributed by atoms with E-state index in [1.54, 1.807) is 48.5 Å². The Morgan fingerprint density at radius 3 is 1.50 bits per heavy atom. The van der Waals surface area contributed by atoms with Crippen molar-refractivity contribution in [3.05, 3.63) is 71.8 Å². The van der Waals surface area contributed by atoms with Gasteiger partial charge in [-0.25, -0.2) is 9.59 Å². The summed E-state index contributed by atoms with van der Waals surface area (Å²) in [5.41, 5.74) is -0.235. The van der Waals surface area contributed by atoms with Crippen LogP contribution in [0.2, 0.25) is 0 Å². The molecule has 0 aromatic heterocycles. The van der Waals surface area contributed by atoms with Crippen LogP contribution >= 0.6 is 0 Å². The molecule has 0 heterocycles. The van der Waals surface area contributed by atoms with Crippen molar-refractivity contribution in [3.63, 3.8) is 0 Å². The van der Waals surface area contributed by atoms with Gasteiger partial charge in [0.15, 0.2) is 0 Å². The molecule has 0 amide bonds. The fourth-order valence-electron chi connectivity index (χ4n) is 3.60. The minimum Gasteiger partial charge on any atom is -0.481 e. The lowest BCUT2D eigenvalue weighted by Crippen LogP contribution is -2.42. The number of hydrogen-bond donors (Lipinski definition) is 2. The zero-order valence-corrected chi connectivity index (χ0v) is 21.2. The molecule has 0 bridgehead atoms. The van der Waals surface area contributed by atoms with E-state index in [0.717, 1.165) is 11.1 Å². The van der Waals surface area contributed by atoms with Crippen molar-refractivity contribution in [2.45, 2.75) is 58.2 Å². The summed E-state index contributed by atoms with van der Waals surface area (Å²) in [6, 6.07) is 17.8. The third kappa shape index (κ3) is 11.8. The van der Waals surface area contributed by atoms with Crippen LogP contribution in [0.15, 0.2) is 60.7 Å². The molecular formula is C28H34O10. The lowest BCUT2D eigenvalue weighted by Gasteiger charge is -2.28. The highest BCUT2D eigenvalue weighted by molar-refractivity contribution is 5.76. The van der Waals surface area contributed by atoms with Crippen LogP contribution in [0.3, 0.4) is 0 Å². The van der Waals surface area contributed by atoms with E-state index in [9.17, 15) is 24.3 Å². The molecule has 0 radical (unpaired) electrons. The van der Waals surface area contributed by atoms with Crippen LogP contribution < -0.4 is 0 Å². The molecule has 10 nitrogen and oxygen atoms in total. The van der Waals surface area contributed by atoms with Gasteiger partial charge >= 0.3 is 24.2 Å². The van der Waals surface area contributed by atoms with Crippen molar-refractivity contribution >= 4 is 24.2 Å². The number of aliphatic carboxylic acids is 2. The van der Waals surface area contributed by atoms with Crippen molar-refractivity contribution in [1.82, 2.24) is 0 Å². The summed E-state index contributed by atoms with van der Waals surface area (Å²) in [5, 5.41) is 18.8. The zero-order valence-electron chi connectivity index (χ0n) is 21.2. The summed E-state index contributed by atoms with van der Waals surface area (Å²) in [6.45, 7) is -1.22. The van der Waals surface area contributed by atoms with Crippen molar-refractivity contribution in [2.75, 3.05) is 13.2 Å². The van der Waals surface area contributed by atoms with E-state index in [-0.39, 0.29) is 26.1 Å². The summed E-state index contributed by atoms with van der Waals surface area (Å²) in [6.07, 6.45) is 1.05. The molecule has 38 heavy (non-hydrogen) atoms. The van der Waals surface area contributed by atoms with Gasteiger partial charge in [-0.1, -0.05) is 86.3 Å². The zero-order chi connectivity index (χ0) is 27.6. The molecule has 0 aliphatic rings. The molecule has 0 aliphatic heterocycles. The van der Waals surface area contributed by atoms with Gasteiger partial charge in [0.1, 0.15) is 31.8 Å². The number of ether oxygens (including phenoxy) is 4. The number of rotatable bonds is 17. The molecule has 0 fully saturated rings. The van der Waals surface area contributed by atoms with Gasteiger partial charge in [-0.2, -0.15) is 0 Å². The van der Waals surface area contributed by atoms with Crippen LogP contribution in [0, 0.1) is 5.41 Å². The molecule has 2 aromatic rings. The Bertz CT molecular complexity index is 947. The smallest absolute Gasteiger partial charge is 0.481 e. The molecular weight excluding hydrogens is 496 g/mol. The van der Waals surface area contributed by atoms with Crippen molar-refractivity contribution in [2.24, 2.45) is 5.41 Å². The number of carbonyl (C=O) groups excluding carboxylic acids is 2. The molecule has 0 saturated heterocycles. The summed E-state index contributed by atoms with van der Waals surface area (Å²) in [7, 11) is 0. The maximum absolute atomic E-state index is 12.3. The number of hydrogen-bond acceptors (Lipinski definition) is 8. The molecule has 206 valence electrons. The van der Waals surface area contributed by atoms with Gasteiger partial charge in [0.25, 0.3) is 0 Å². The van der Waals surface area contributed by atoms with E-state index in [0.29, 0.717) is 32.1 Å². The molecule has 0 saturated carbocycles. The summed E-state index contributed by atoms with van der Waals surface area (Å²) in [4.78, 5) is 47.3. The van der Waals surface area contributed by atoms with Crippen molar-refractivity contribution in [1.29, 1.82) is 0 Å². The number of unbranched alkanes of at least 4 members (excludes halogenated alkanes) is 4. The van der Waals surface area contributed by atoms with Gasteiger partial charge in [-0.05, 0) is 24.0 Å². The Morgan fingerprint density at radius 2 is 1.05 bits per heavy atom. The SMILES string of the molecule is O=C(O)CCCCCCCC(COC(=O)OCc1ccccc1)(COC(=O)OCc1ccccc1)C(=O)O. The molecule has 0 aliphatic carbocycles. The average Bonchev–Trinajstić information content (AvgIpc) is 2.92. The maximum atomic E-state index is 12.3. The quantitative estimate of drug-likeness (QED) is 0.196. The average molecular weight is 531 g/mol. The Balaban J connectivity index is 1.93. The number of carbonyl (C=O) groups is 4. The van der Waals surface area contributed by atoms with Crippen LogP contribution in [-0.2, 0) is 41.8 Å². The van der Waals surface area contributed by atoms with E-state index in [1.165, 1.54) is 0 Å². The monoisotopic (exact) mass is 530 g/mol. The van der Waals surface area contributed by atoms with E-state index in [1.807, 2.05) is 12.1 Å². The van der Waals surface area contributed by atoms with Gasteiger partial charge in [0, 0.05) is 6.42 Å². The lowest BCUT2D eigenvalue weighted by molar-refractivity contribution is -0.156. The first-order valence-electron chi connectivity index (χ1n) is 12.4. The summed E-state index contributed by atoms with van der Waals surface area (Å²) >= 11 is 0. The Morgan fingerprint density at radius 1 is 0.605 bits per heavy atom. The topological polar surface area (TPSA) is 146 Å². The summed E-state index contributed by atoms with van der Waals surface area (Å²) in [5.74, 6) is -2.16. The van der Waals surface area contributed by atoms with Gasteiger partial charge < -0.3 is 29.2 Å². The Hall–Kier alpha value is -4.08. The third-order valence-electron chi connectivity index (χ3n) is 5.83. The van der Waals surface area contributed by atoms with Crippen LogP contribution in [0.1, 0.15) is 56.1 Å². The summed E-state index contributed by atoms with van der Waals surface area (Å²) < 4.78 is 20.4. The van der Waals surface area contributed by atoms with E-state index in [2.05, 4.69) is 0 Å². The Labute approximate surface area is 221 Å². The first-order chi connectivity index (χ1) is 18.3. The highest BCUT2D eigenvalue weighted by Gasteiger charge is 2.42. The van der Waals surface area contributed by atoms with Crippen molar-refractivity contribution < 1.29 is 48.3 Å². The van der Waals surface area contributed by atoms with Crippen molar-refractivity contribution in [3.8, 4) is 0 Å². The van der Waals surface area contributed by atoms with Crippen LogP contribution in [-0.4, -0.2) is 47.7 Å².